The lowest BCUT2D eigenvalue weighted by Crippen LogP contribution is -2.07. The Morgan fingerprint density at radius 3 is 1.94 bits per heavy atom. The minimum atomic E-state index is 0.500. The van der Waals surface area contributed by atoms with Gasteiger partial charge in [-0.3, -0.25) is 0 Å². The number of halogens is 2. The van der Waals surface area contributed by atoms with Crippen molar-refractivity contribution in [2.24, 2.45) is 5.92 Å². The van der Waals surface area contributed by atoms with Crippen molar-refractivity contribution in [1.82, 2.24) is 0 Å². The van der Waals surface area contributed by atoms with Crippen molar-refractivity contribution in [3.05, 3.63) is 34.3 Å². The molecule has 1 rings (SSSR count). The Balaban J connectivity index is 2.72. The molecule has 1 atom stereocenters. The molecule has 0 aliphatic heterocycles. The Labute approximate surface area is 116 Å². The van der Waals surface area contributed by atoms with Crippen LogP contribution < -0.4 is 0 Å². The molecule has 0 amide bonds. The molecular formula is C14H20Br2. The van der Waals surface area contributed by atoms with E-state index in [0.29, 0.717) is 4.83 Å². The van der Waals surface area contributed by atoms with Gasteiger partial charge in [-0.15, -0.1) is 0 Å². The highest BCUT2D eigenvalue weighted by Crippen LogP contribution is 2.36. The third kappa shape index (κ3) is 4.21. The fraction of sp³-hybridized carbons (Fsp3) is 0.571. The van der Waals surface area contributed by atoms with Crippen LogP contribution in [0.2, 0.25) is 0 Å². The lowest BCUT2D eigenvalue weighted by molar-refractivity contribution is 0.435. The van der Waals surface area contributed by atoms with Crippen LogP contribution in [0.4, 0.5) is 0 Å². The Morgan fingerprint density at radius 2 is 1.50 bits per heavy atom. The Kier molecular flexibility index (Phi) is 6.67. The van der Waals surface area contributed by atoms with Gasteiger partial charge in [-0.25, -0.2) is 0 Å². The van der Waals surface area contributed by atoms with Crippen LogP contribution in [0, 0.1) is 5.92 Å². The maximum Gasteiger partial charge on any atom is 0.0423 e. The van der Waals surface area contributed by atoms with Crippen LogP contribution in [0.3, 0.4) is 0 Å². The SMILES string of the molecule is CCCC(CCC)C(Br)c1ccc(Br)cc1. The summed E-state index contributed by atoms with van der Waals surface area (Å²) < 4.78 is 1.15. The molecule has 0 fully saturated rings. The number of alkyl halides is 1. The number of rotatable bonds is 6. The Bertz CT molecular complexity index is 286. The van der Waals surface area contributed by atoms with E-state index in [2.05, 4.69) is 70.0 Å². The maximum absolute atomic E-state index is 3.86. The van der Waals surface area contributed by atoms with E-state index < -0.39 is 0 Å². The second-order valence-electron chi connectivity index (χ2n) is 4.29. The largest absolute Gasteiger partial charge is 0.0836 e. The van der Waals surface area contributed by atoms with E-state index in [-0.39, 0.29) is 0 Å². The van der Waals surface area contributed by atoms with Crippen molar-refractivity contribution in [3.8, 4) is 0 Å². The van der Waals surface area contributed by atoms with Crippen LogP contribution in [-0.2, 0) is 0 Å². The third-order valence-corrected chi connectivity index (χ3v) is 4.73. The highest BCUT2D eigenvalue weighted by molar-refractivity contribution is 9.10. The molecule has 90 valence electrons. The van der Waals surface area contributed by atoms with Crippen LogP contribution in [0.5, 0.6) is 0 Å². The van der Waals surface area contributed by atoms with Gasteiger partial charge in [-0.2, -0.15) is 0 Å². The molecule has 0 aromatic heterocycles. The van der Waals surface area contributed by atoms with E-state index in [1.807, 2.05) is 0 Å². The van der Waals surface area contributed by atoms with E-state index in [1.54, 1.807) is 0 Å². The molecular weight excluding hydrogens is 328 g/mol. The average Bonchev–Trinajstić information content (AvgIpc) is 2.29. The highest BCUT2D eigenvalue weighted by atomic mass is 79.9. The number of benzene rings is 1. The van der Waals surface area contributed by atoms with Gasteiger partial charge >= 0.3 is 0 Å². The predicted molar refractivity (Wildman–Crippen MR) is 79.1 cm³/mol. The molecule has 16 heavy (non-hydrogen) atoms. The molecule has 0 heterocycles. The van der Waals surface area contributed by atoms with Crippen LogP contribution >= 0.6 is 31.9 Å². The summed E-state index contributed by atoms with van der Waals surface area (Å²) >= 11 is 7.34. The molecule has 1 aromatic carbocycles. The van der Waals surface area contributed by atoms with Crippen molar-refractivity contribution >= 4 is 31.9 Å². The molecule has 0 saturated carbocycles. The topological polar surface area (TPSA) is 0 Å². The average molecular weight is 348 g/mol. The molecule has 0 aliphatic carbocycles. The van der Waals surface area contributed by atoms with Crippen molar-refractivity contribution in [3.63, 3.8) is 0 Å². The fourth-order valence-corrected chi connectivity index (χ4v) is 3.20. The van der Waals surface area contributed by atoms with Crippen LogP contribution in [0.25, 0.3) is 0 Å². The quantitative estimate of drug-likeness (QED) is 0.545. The summed E-state index contributed by atoms with van der Waals surface area (Å²) in [6.07, 6.45) is 5.15. The third-order valence-electron chi connectivity index (χ3n) is 2.92. The first-order chi connectivity index (χ1) is 7.69. The summed E-state index contributed by atoms with van der Waals surface area (Å²) in [6, 6.07) is 8.67. The van der Waals surface area contributed by atoms with Gasteiger partial charge in [-0.05, 0) is 36.5 Å². The number of hydrogen-bond acceptors (Lipinski definition) is 0. The normalized spacial score (nSPS) is 13.1. The lowest BCUT2D eigenvalue weighted by Gasteiger charge is -2.22. The van der Waals surface area contributed by atoms with Gasteiger partial charge in [0.05, 0.1) is 0 Å². The van der Waals surface area contributed by atoms with E-state index in [4.69, 9.17) is 0 Å². The smallest absolute Gasteiger partial charge is 0.0423 e. The summed E-state index contributed by atoms with van der Waals surface area (Å²) in [5, 5.41) is 0. The predicted octanol–water partition coefficient (Wildman–Crippen LogP) is 6.10. The van der Waals surface area contributed by atoms with Crippen LogP contribution in [0.1, 0.15) is 49.9 Å². The van der Waals surface area contributed by atoms with Gasteiger partial charge in [-0.1, -0.05) is 70.7 Å². The molecule has 0 aliphatic rings. The van der Waals surface area contributed by atoms with Crippen molar-refractivity contribution in [2.45, 2.75) is 44.4 Å². The van der Waals surface area contributed by atoms with E-state index in [1.165, 1.54) is 31.2 Å². The minimum absolute atomic E-state index is 0.500. The zero-order chi connectivity index (χ0) is 12.0. The monoisotopic (exact) mass is 346 g/mol. The highest BCUT2D eigenvalue weighted by Gasteiger charge is 2.18. The van der Waals surface area contributed by atoms with E-state index >= 15 is 0 Å². The van der Waals surface area contributed by atoms with Crippen molar-refractivity contribution in [2.75, 3.05) is 0 Å². The van der Waals surface area contributed by atoms with Gasteiger partial charge in [0.25, 0.3) is 0 Å². The molecule has 0 saturated heterocycles. The summed E-state index contributed by atoms with van der Waals surface area (Å²) in [7, 11) is 0. The first kappa shape index (κ1) is 14.2. The van der Waals surface area contributed by atoms with Gasteiger partial charge in [0.15, 0.2) is 0 Å². The standard InChI is InChI=1S/C14H20Br2/c1-3-5-11(6-4-2)14(16)12-7-9-13(15)10-8-12/h7-11,14H,3-6H2,1-2H3. The molecule has 0 N–H and O–H groups in total. The molecule has 0 spiro atoms. The van der Waals surface area contributed by atoms with Crippen LogP contribution in [0.15, 0.2) is 28.7 Å². The van der Waals surface area contributed by atoms with E-state index in [9.17, 15) is 0 Å². The maximum atomic E-state index is 3.86. The van der Waals surface area contributed by atoms with Gasteiger partial charge in [0.2, 0.25) is 0 Å². The second-order valence-corrected chi connectivity index (χ2v) is 6.19. The second kappa shape index (κ2) is 7.50. The summed E-state index contributed by atoms with van der Waals surface area (Å²) in [4.78, 5) is 0.500. The van der Waals surface area contributed by atoms with Gasteiger partial charge < -0.3 is 0 Å². The molecule has 0 nitrogen and oxygen atoms in total. The zero-order valence-corrected chi connectivity index (χ0v) is 13.2. The molecule has 1 unspecified atom stereocenters. The lowest BCUT2D eigenvalue weighted by atomic mass is 9.91. The molecule has 0 radical (unpaired) electrons. The van der Waals surface area contributed by atoms with E-state index in [0.717, 1.165) is 10.4 Å². The summed E-state index contributed by atoms with van der Waals surface area (Å²) in [6.45, 7) is 4.54. The fourth-order valence-electron chi connectivity index (χ4n) is 2.10. The Hall–Kier alpha value is 0.180. The molecule has 2 heteroatoms. The van der Waals surface area contributed by atoms with Crippen molar-refractivity contribution in [1.29, 1.82) is 0 Å². The first-order valence-corrected chi connectivity index (χ1v) is 7.79. The number of hydrogen-bond donors (Lipinski definition) is 0. The van der Waals surface area contributed by atoms with Gasteiger partial charge in [0, 0.05) is 9.30 Å². The summed E-state index contributed by atoms with van der Waals surface area (Å²) in [5.74, 6) is 0.760. The van der Waals surface area contributed by atoms with Crippen molar-refractivity contribution < 1.29 is 0 Å². The van der Waals surface area contributed by atoms with Crippen LogP contribution in [-0.4, -0.2) is 0 Å². The summed E-state index contributed by atoms with van der Waals surface area (Å²) in [5.41, 5.74) is 1.40. The molecule has 1 aromatic rings. The molecule has 0 bridgehead atoms. The zero-order valence-electron chi connectivity index (χ0n) is 10.0. The first-order valence-electron chi connectivity index (χ1n) is 6.08. The minimum Gasteiger partial charge on any atom is -0.0836 e. The Morgan fingerprint density at radius 1 is 1.00 bits per heavy atom. The van der Waals surface area contributed by atoms with Gasteiger partial charge in [0.1, 0.15) is 0 Å².